The van der Waals surface area contributed by atoms with Crippen LogP contribution in [-0.2, 0) is 14.9 Å². The lowest BCUT2D eigenvalue weighted by Gasteiger charge is -2.38. The van der Waals surface area contributed by atoms with Gasteiger partial charge in [-0.2, -0.15) is 0 Å². The zero-order chi connectivity index (χ0) is 22.8. The molecule has 6 nitrogen and oxygen atoms in total. The predicted molar refractivity (Wildman–Crippen MR) is 121 cm³/mol. The second kappa shape index (κ2) is 11.2. The van der Waals surface area contributed by atoms with Gasteiger partial charge in [0.1, 0.15) is 24.7 Å². The molecule has 0 radical (unpaired) electrons. The van der Waals surface area contributed by atoms with Crippen molar-refractivity contribution in [3.05, 3.63) is 85.0 Å². The van der Waals surface area contributed by atoms with Crippen molar-refractivity contribution in [1.29, 1.82) is 0 Å². The molecule has 1 saturated carbocycles. The summed E-state index contributed by atoms with van der Waals surface area (Å²) in [5.41, 5.74) is 2.16. The van der Waals surface area contributed by atoms with Crippen LogP contribution >= 0.6 is 0 Å². The van der Waals surface area contributed by atoms with Crippen LogP contribution in [0.25, 0.3) is 0 Å². The van der Waals surface area contributed by atoms with Crippen LogP contribution in [0.5, 0.6) is 11.5 Å². The number of rotatable bonds is 8. The van der Waals surface area contributed by atoms with Gasteiger partial charge in [-0.25, -0.2) is 9.59 Å². The monoisotopic (exact) mass is 436 g/mol. The average molecular weight is 437 g/mol. The smallest absolute Gasteiger partial charge is 0.430 e. The minimum atomic E-state index is -0.757. The molecule has 0 spiro atoms. The van der Waals surface area contributed by atoms with Crippen molar-refractivity contribution in [2.24, 2.45) is 0 Å². The fraction of sp³-hybridized carbons (Fsp3) is 0.308. The lowest BCUT2D eigenvalue weighted by atomic mass is 9.65. The number of ether oxygens (including phenoxy) is 4. The van der Waals surface area contributed by atoms with Crippen LogP contribution in [0.3, 0.4) is 0 Å². The van der Waals surface area contributed by atoms with Gasteiger partial charge in [-0.1, -0.05) is 68.8 Å². The summed E-state index contributed by atoms with van der Waals surface area (Å²) in [6, 6.07) is 15.1. The summed E-state index contributed by atoms with van der Waals surface area (Å²) >= 11 is 0. The summed E-state index contributed by atoms with van der Waals surface area (Å²) in [5, 5.41) is 0. The van der Waals surface area contributed by atoms with E-state index in [9.17, 15) is 9.59 Å². The van der Waals surface area contributed by atoms with Crippen molar-refractivity contribution in [3.63, 3.8) is 0 Å². The fourth-order valence-electron chi connectivity index (χ4n) is 4.09. The summed E-state index contributed by atoms with van der Waals surface area (Å²) in [5.74, 6) is 0.853. The SMILES string of the molecule is C=CCOC(=O)Oc1ccc(C2(c3ccc(OC(=O)OCC=C)cc3)CCCCC2)cc1. The first-order valence-electron chi connectivity index (χ1n) is 10.7. The van der Waals surface area contributed by atoms with E-state index >= 15 is 0 Å². The first kappa shape index (κ1) is 23.1. The van der Waals surface area contributed by atoms with Crippen molar-refractivity contribution >= 4 is 12.3 Å². The summed E-state index contributed by atoms with van der Waals surface area (Å²) in [6.07, 6.45) is 6.92. The maximum atomic E-state index is 11.7. The van der Waals surface area contributed by atoms with Crippen LogP contribution in [0.4, 0.5) is 9.59 Å². The molecule has 32 heavy (non-hydrogen) atoms. The van der Waals surface area contributed by atoms with Gasteiger partial charge in [0.15, 0.2) is 0 Å². The quantitative estimate of drug-likeness (QED) is 0.273. The summed E-state index contributed by atoms with van der Waals surface area (Å²) in [6.45, 7) is 7.21. The Balaban J connectivity index is 1.78. The maximum Gasteiger partial charge on any atom is 0.514 e. The van der Waals surface area contributed by atoms with Gasteiger partial charge in [0, 0.05) is 5.41 Å². The van der Waals surface area contributed by atoms with E-state index < -0.39 is 12.3 Å². The van der Waals surface area contributed by atoms with Crippen molar-refractivity contribution in [3.8, 4) is 11.5 Å². The molecule has 2 aromatic rings. The maximum absolute atomic E-state index is 11.7. The van der Waals surface area contributed by atoms with Gasteiger partial charge in [-0.15, -0.1) is 0 Å². The van der Waals surface area contributed by atoms with E-state index in [1.807, 2.05) is 24.3 Å². The molecule has 0 aromatic heterocycles. The zero-order valence-electron chi connectivity index (χ0n) is 18.1. The molecule has 0 atom stereocenters. The molecular formula is C26H28O6. The Labute approximate surface area is 188 Å². The molecule has 0 bridgehead atoms. The molecule has 0 amide bonds. The van der Waals surface area contributed by atoms with Crippen LogP contribution in [0, 0.1) is 0 Å². The summed E-state index contributed by atoms with van der Waals surface area (Å²) < 4.78 is 20.1. The molecule has 1 aliphatic rings. The Morgan fingerprint density at radius 3 is 1.50 bits per heavy atom. The van der Waals surface area contributed by atoms with Gasteiger partial charge in [0.05, 0.1) is 0 Å². The molecule has 168 valence electrons. The molecule has 1 aliphatic carbocycles. The normalized spacial score (nSPS) is 14.6. The van der Waals surface area contributed by atoms with Gasteiger partial charge in [-0.3, -0.25) is 0 Å². The Morgan fingerprint density at radius 2 is 1.12 bits per heavy atom. The highest BCUT2D eigenvalue weighted by molar-refractivity contribution is 5.64. The third kappa shape index (κ3) is 5.78. The number of hydrogen-bond donors (Lipinski definition) is 0. The lowest BCUT2D eigenvalue weighted by molar-refractivity contribution is 0.108. The Morgan fingerprint density at radius 1 is 0.719 bits per heavy atom. The third-order valence-electron chi connectivity index (χ3n) is 5.56. The van der Waals surface area contributed by atoms with Gasteiger partial charge in [0.2, 0.25) is 0 Å². The van der Waals surface area contributed by atoms with Crippen molar-refractivity contribution in [1.82, 2.24) is 0 Å². The summed E-state index contributed by atoms with van der Waals surface area (Å²) in [4.78, 5) is 23.3. The van der Waals surface area contributed by atoms with E-state index in [-0.39, 0.29) is 18.6 Å². The van der Waals surface area contributed by atoms with E-state index in [4.69, 9.17) is 18.9 Å². The van der Waals surface area contributed by atoms with Crippen LogP contribution in [-0.4, -0.2) is 25.5 Å². The zero-order valence-corrected chi connectivity index (χ0v) is 18.1. The van der Waals surface area contributed by atoms with Gasteiger partial charge < -0.3 is 18.9 Å². The Kier molecular flexibility index (Phi) is 8.08. The molecule has 0 aliphatic heterocycles. The first-order chi connectivity index (χ1) is 15.6. The van der Waals surface area contributed by atoms with E-state index in [0.29, 0.717) is 11.5 Å². The molecule has 0 saturated heterocycles. The highest BCUT2D eigenvalue weighted by Gasteiger charge is 2.35. The van der Waals surface area contributed by atoms with E-state index in [1.54, 1.807) is 24.3 Å². The summed E-state index contributed by atoms with van der Waals surface area (Å²) in [7, 11) is 0. The molecule has 3 rings (SSSR count). The fourth-order valence-corrected chi connectivity index (χ4v) is 4.09. The Bertz CT molecular complexity index is 852. The van der Waals surface area contributed by atoms with Gasteiger partial charge >= 0.3 is 12.3 Å². The first-order valence-corrected chi connectivity index (χ1v) is 10.7. The Hall–Kier alpha value is -3.54. The topological polar surface area (TPSA) is 71.1 Å². The number of carbonyl (C=O) groups is 2. The van der Waals surface area contributed by atoms with Crippen molar-refractivity contribution in [2.75, 3.05) is 13.2 Å². The van der Waals surface area contributed by atoms with Crippen LogP contribution in [0.15, 0.2) is 73.8 Å². The molecular weight excluding hydrogens is 408 g/mol. The molecule has 0 N–H and O–H groups in total. The highest BCUT2D eigenvalue weighted by atomic mass is 16.7. The minimum Gasteiger partial charge on any atom is -0.430 e. The molecule has 6 heteroatoms. The van der Waals surface area contributed by atoms with E-state index in [2.05, 4.69) is 13.2 Å². The minimum absolute atomic E-state index is 0.103. The third-order valence-corrected chi connectivity index (χ3v) is 5.56. The molecule has 0 heterocycles. The molecule has 0 unspecified atom stereocenters. The predicted octanol–water partition coefficient (Wildman–Crippen LogP) is 6.34. The lowest BCUT2D eigenvalue weighted by Crippen LogP contribution is -2.30. The molecule has 1 fully saturated rings. The van der Waals surface area contributed by atoms with Crippen molar-refractivity contribution < 1.29 is 28.5 Å². The van der Waals surface area contributed by atoms with Gasteiger partial charge in [-0.05, 0) is 48.2 Å². The number of carbonyl (C=O) groups excluding carboxylic acids is 2. The standard InChI is InChI=1S/C26H28O6/c1-3-18-29-24(27)31-22-12-8-20(9-13-22)26(16-6-5-7-17-26)21-10-14-23(15-11-21)32-25(28)30-19-4-2/h3-4,8-15H,1-2,5-7,16-19H2. The number of benzene rings is 2. The number of hydrogen-bond acceptors (Lipinski definition) is 6. The second-order valence-corrected chi connectivity index (χ2v) is 7.60. The van der Waals surface area contributed by atoms with Crippen molar-refractivity contribution in [2.45, 2.75) is 37.5 Å². The van der Waals surface area contributed by atoms with E-state index in [1.165, 1.54) is 18.6 Å². The largest absolute Gasteiger partial charge is 0.514 e. The average Bonchev–Trinajstić information content (AvgIpc) is 2.83. The van der Waals surface area contributed by atoms with Crippen LogP contribution < -0.4 is 9.47 Å². The van der Waals surface area contributed by atoms with Gasteiger partial charge in [0.25, 0.3) is 0 Å². The molecule has 2 aromatic carbocycles. The van der Waals surface area contributed by atoms with Crippen LogP contribution in [0.2, 0.25) is 0 Å². The highest BCUT2D eigenvalue weighted by Crippen LogP contribution is 2.45. The van der Waals surface area contributed by atoms with Crippen LogP contribution in [0.1, 0.15) is 43.2 Å². The second-order valence-electron chi connectivity index (χ2n) is 7.60. The van der Waals surface area contributed by atoms with E-state index in [0.717, 1.165) is 36.8 Å².